The molecule has 1 aromatic rings. The molecule has 0 fully saturated rings. The van der Waals surface area contributed by atoms with E-state index >= 15 is 0 Å². The van der Waals surface area contributed by atoms with Gasteiger partial charge < -0.3 is 0 Å². The third kappa shape index (κ3) is 2.24. The van der Waals surface area contributed by atoms with Crippen molar-refractivity contribution in [2.24, 2.45) is 5.41 Å². The maximum atomic E-state index is 2.52. The van der Waals surface area contributed by atoms with Gasteiger partial charge in [0.15, 0.2) is 0 Å². The highest BCUT2D eigenvalue weighted by Crippen LogP contribution is 2.45. The smallest absolute Gasteiger partial charge is 0.0273 e. The van der Waals surface area contributed by atoms with Crippen LogP contribution in [0.4, 0.5) is 0 Å². The minimum atomic E-state index is 0.546. The van der Waals surface area contributed by atoms with Crippen LogP contribution < -0.4 is 0 Å². The van der Waals surface area contributed by atoms with Crippen LogP contribution in [0, 0.1) is 11.3 Å². The van der Waals surface area contributed by atoms with Gasteiger partial charge in [-0.25, -0.2) is 0 Å². The zero-order valence-electron chi connectivity index (χ0n) is 13.3. The molecule has 2 aliphatic carbocycles. The van der Waals surface area contributed by atoms with Crippen LogP contribution in [0.5, 0.6) is 0 Å². The molecule has 0 unspecified atom stereocenters. The lowest BCUT2D eigenvalue weighted by Crippen LogP contribution is -2.18. The highest BCUT2D eigenvalue weighted by molar-refractivity contribution is 5.70. The Morgan fingerprint density at radius 1 is 0.950 bits per heavy atom. The first kappa shape index (κ1) is 13.9. The molecule has 0 bridgehead atoms. The molecule has 0 nitrogen and oxygen atoms in total. The Bertz CT molecular complexity index is 517. The number of allylic oxidation sites excluding steroid dienone is 1. The van der Waals surface area contributed by atoms with E-state index in [9.17, 15) is 0 Å². The number of benzene rings is 1. The molecular formula is C20H27. The van der Waals surface area contributed by atoms with Crippen LogP contribution >= 0.6 is 0 Å². The van der Waals surface area contributed by atoms with Gasteiger partial charge in [-0.15, -0.1) is 0 Å². The van der Waals surface area contributed by atoms with Crippen molar-refractivity contribution in [2.75, 3.05) is 0 Å². The maximum absolute atomic E-state index is 2.52. The average molecular weight is 267 g/mol. The molecule has 1 aromatic carbocycles. The zero-order chi connectivity index (χ0) is 14.2. The molecule has 0 heterocycles. The third-order valence-electron chi connectivity index (χ3n) is 5.61. The summed E-state index contributed by atoms with van der Waals surface area (Å²) in [5.74, 6) is 1.56. The first-order valence-corrected chi connectivity index (χ1v) is 8.41. The number of rotatable bonds is 5. The van der Waals surface area contributed by atoms with E-state index < -0.39 is 0 Å². The Hall–Kier alpha value is -1.04. The van der Waals surface area contributed by atoms with Crippen LogP contribution in [0.2, 0.25) is 0 Å². The van der Waals surface area contributed by atoms with E-state index in [-0.39, 0.29) is 0 Å². The highest BCUT2D eigenvalue weighted by atomic mass is 14.4. The molecule has 107 valence electrons. The first-order chi connectivity index (χ1) is 9.71. The zero-order valence-corrected chi connectivity index (χ0v) is 13.3. The molecule has 0 saturated heterocycles. The number of hydrogen-bond acceptors (Lipinski definition) is 0. The molecule has 3 rings (SSSR count). The summed E-state index contributed by atoms with van der Waals surface area (Å²) in [6, 6.07) is 5.00. The van der Waals surface area contributed by atoms with Gasteiger partial charge in [-0.2, -0.15) is 0 Å². The largest absolute Gasteiger partial charge is 0.0721 e. The molecule has 0 aliphatic heterocycles. The molecule has 0 saturated carbocycles. The van der Waals surface area contributed by atoms with Crippen LogP contribution in [0.1, 0.15) is 75.1 Å². The van der Waals surface area contributed by atoms with Gasteiger partial charge in [0.05, 0.1) is 0 Å². The summed E-state index contributed by atoms with van der Waals surface area (Å²) >= 11 is 0. The Morgan fingerprint density at radius 3 is 2.30 bits per heavy atom. The molecule has 20 heavy (non-hydrogen) atoms. The summed E-state index contributed by atoms with van der Waals surface area (Å²) < 4.78 is 0. The van der Waals surface area contributed by atoms with Crippen molar-refractivity contribution < 1.29 is 0 Å². The fourth-order valence-electron chi connectivity index (χ4n) is 3.94. The average Bonchev–Trinajstić information content (AvgIpc) is 3.03. The van der Waals surface area contributed by atoms with Gasteiger partial charge in [0.25, 0.3) is 0 Å². The summed E-state index contributed by atoms with van der Waals surface area (Å²) in [4.78, 5) is 0. The Balaban J connectivity index is 1.88. The van der Waals surface area contributed by atoms with Crippen molar-refractivity contribution in [1.29, 1.82) is 0 Å². The Kier molecular flexibility index (Phi) is 3.75. The minimum absolute atomic E-state index is 0.546. The number of unbranched alkanes of at least 4 members (excludes halogenated alkanes) is 1. The molecule has 0 atom stereocenters. The van der Waals surface area contributed by atoms with Gasteiger partial charge in [-0.3, -0.25) is 0 Å². The fraction of sp³-hybridized carbons (Fsp3) is 0.550. The van der Waals surface area contributed by atoms with Crippen molar-refractivity contribution in [3.63, 3.8) is 0 Å². The predicted octanol–water partition coefficient (Wildman–Crippen LogP) is 5.73. The molecular weight excluding hydrogens is 240 g/mol. The number of fused-ring (bicyclic) bond motifs is 2. The van der Waals surface area contributed by atoms with E-state index in [4.69, 9.17) is 0 Å². The first-order valence-electron chi connectivity index (χ1n) is 8.41. The van der Waals surface area contributed by atoms with Gasteiger partial charge in [0.1, 0.15) is 0 Å². The van der Waals surface area contributed by atoms with E-state index in [1.165, 1.54) is 56.1 Å². The van der Waals surface area contributed by atoms with Gasteiger partial charge in [-0.1, -0.05) is 57.9 Å². The highest BCUT2D eigenvalue weighted by Gasteiger charge is 2.35. The van der Waals surface area contributed by atoms with Gasteiger partial charge in [0, 0.05) is 5.92 Å². The standard InChI is InChI=1S/C20H27/c1-4-7-8-15-9-10-16-11-17-13-20(5-2,6-3)14-18(17)12-19(15)16/h9-12H,4-8,13-14H2,1-3H3. The van der Waals surface area contributed by atoms with Crippen molar-refractivity contribution in [3.05, 3.63) is 46.4 Å². The molecule has 1 radical (unpaired) electrons. The maximum Gasteiger partial charge on any atom is 0.0273 e. The number of hydrogen-bond donors (Lipinski definition) is 0. The Labute approximate surface area is 124 Å². The van der Waals surface area contributed by atoms with Crippen molar-refractivity contribution in [1.82, 2.24) is 0 Å². The SMILES string of the molecule is CCCC[C]1C=Cc2cc3c(cc21)CC(CC)(CC)C3. The monoisotopic (exact) mass is 267 g/mol. The lowest BCUT2D eigenvalue weighted by atomic mass is 9.80. The normalized spacial score (nSPS) is 19.4. The minimum Gasteiger partial charge on any atom is -0.0721 e. The summed E-state index contributed by atoms with van der Waals surface area (Å²) in [6.07, 6.45) is 13.7. The van der Waals surface area contributed by atoms with Gasteiger partial charge in [-0.05, 0) is 59.8 Å². The van der Waals surface area contributed by atoms with Crippen molar-refractivity contribution in [3.8, 4) is 0 Å². The van der Waals surface area contributed by atoms with Crippen LogP contribution in [0.25, 0.3) is 6.08 Å². The van der Waals surface area contributed by atoms with Gasteiger partial charge in [0.2, 0.25) is 0 Å². The summed E-state index contributed by atoms with van der Waals surface area (Å²) in [7, 11) is 0. The van der Waals surface area contributed by atoms with Crippen LogP contribution in [0.15, 0.2) is 18.2 Å². The second kappa shape index (κ2) is 5.39. The second-order valence-corrected chi connectivity index (χ2v) is 6.73. The summed E-state index contributed by atoms with van der Waals surface area (Å²) in [5, 5.41) is 0. The quantitative estimate of drug-likeness (QED) is 0.639. The van der Waals surface area contributed by atoms with Gasteiger partial charge >= 0.3 is 0 Å². The lowest BCUT2D eigenvalue weighted by molar-refractivity contribution is 0.280. The van der Waals surface area contributed by atoms with E-state index in [2.05, 4.69) is 45.1 Å². The van der Waals surface area contributed by atoms with Crippen molar-refractivity contribution in [2.45, 2.75) is 65.7 Å². The second-order valence-electron chi connectivity index (χ2n) is 6.73. The molecule has 0 heteroatoms. The molecule has 0 aromatic heterocycles. The van der Waals surface area contributed by atoms with E-state index in [0.29, 0.717) is 5.41 Å². The third-order valence-corrected chi connectivity index (χ3v) is 5.61. The van der Waals surface area contributed by atoms with Crippen LogP contribution in [-0.4, -0.2) is 0 Å². The predicted molar refractivity (Wildman–Crippen MR) is 87.8 cm³/mol. The molecule has 2 aliphatic rings. The molecule has 0 amide bonds. The van der Waals surface area contributed by atoms with Crippen molar-refractivity contribution >= 4 is 6.08 Å². The lowest BCUT2D eigenvalue weighted by Gasteiger charge is -2.25. The topological polar surface area (TPSA) is 0 Å². The van der Waals surface area contributed by atoms with E-state index in [1.807, 2.05) is 0 Å². The summed E-state index contributed by atoms with van der Waals surface area (Å²) in [5.41, 5.74) is 6.79. The van der Waals surface area contributed by atoms with E-state index in [1.54, 1.807) is 17.0 Å². The van der Waals surface area contributed by atoms with Crippen LogP contribution in [-0.2, 0) is 12.8 Å². The summed E-state index contributed by atoms with van der Waals surface area (Å²) in [6.45, 7) is 7.00. The Morgan fingerprint density at radius 2 is 1.65 bits per heavy atom. The fourth-order valence-corrected chi connectivity index (χ4v) is 3.94. The van der Waals surface area contributed by atoms with E-state index in [0.717, 1.165) is 0 Å². The molecule has 0 N–H and O–H groups in total. The van der Waals surface area contributed by atoms with Crippen LogP contribution in [0.3, 0.4) is 0 Å². The molecule has 0 spiro atoms.